The van der Waals surface area contributed by atoms with E-state index in [1.807, 2.05) is 12.1 Å². The highest BCUT2D eigenvalue weighted by Gasteiger charge is 2.37. The maximum absolute atomic E-state index is 4.97. The number of rotatable bonds is 3. The Balaban J connectivity index is 1.53. The first-order valence-electron chi connectivity index (χ1n) is 11.0. The maximum Gasteiger partial charge on any atom is 0.127 e. The first-order valence-corrected chi connectivity index (χ1v) is 12.6. The zero-order valence-electron chi connectivity index (χ0n) is 18.7. The number of allylic oxidation sites excluding steroid dienone is 3. The first kappa shape index (κ1) is 20.3. The first-order chi connectivity index (χ1) is 16.0. The summed E-state index contributed by atoms with van der Waals surface area (Å²) in [6.45, 7) is 4.59. The minimum absolute atomic E-state index is 0.0753. The number of aromatic nitrogens is 2. The highest BCUT2D eigenvalue weighted by Crippen LogP contribution is 2.47. The summed E-state index contributed by atoms with van der Waals surface area (Å²) in [6, 6.07) is 25.3. The number of thiazole rings is 2. The van der Waals surface area contributed by atoms with Gasteiger partial charge in [-0.3, -0.25) is 0 Å². The molecule has 0 saturated carbocycles. The summed E-state index contributed by atoms with van der Waals surface area (Å²) in [7, 11) is 2.16. The van der Waals surface area contributed by atoms with Gasteiger partial charge in [-0.2, -0.15) is 0 Å². The van der Waals surface area contributed by atoms with E-state index in [0.717, 1.165) is 26.6 Å². The van der Waals surface area contributed by atoms with Crippen LogP contribution in [0.3, 0.4) is 0 Å². The van der Waals surface area contributed by atoms with E-state index in [0.29, 0.717) is 0 Å². The lowest BCUT2D eigenvalue weighted by Gasteiger charge is -2.23. The normalized spacial score (nSPS) is 16.0. The number of anilines is 1. The lowest BCUT2D eigenvalue weighted by molar-refractivity contribution is 0.640. The van der Waals surface area contributed by atoms with Crippen LogP contribution < -0.4 is 4.90 Å². The molecule has 3 aromatic carbocycles. The van der Waals surface area contributed by atoms with E-state index in [2.05, 4.69) is 98.6 Å². The lowest BCUT2D eigenvalue weighted by atomic mass is 9.83. The van der Waals surface area contributed by atoms with Gasteiger partial charge >= 0.3 is 0 Å². The van der Waals surface area contributed by atoms with Crippen LogP contribution in [0.2, 0.25) is 0 Å². The number of nitrogens with zero attached hydrogens (tertiary/aromatic N) is 3. The summed E-state index contributed by atoms with van der Waals surface area (Å²) in [5.41, 5.74) is 6.95. The molecule has 0 radical (unpaired) electrons. The third-order valence-electron chi connectivity index (χ3n) is 6.40. The van der Waals surface area contributed by atoms with Gasteiger partial charge in [-0.25, -0.2) is 9.97 Å². The maximum atomic E-state index is 4.97. The van der Waals surface area contributed by atoms with E-state index in [1.165, 1.54) is 26.3 Å². The second-order valence-corrected chi connectivity index (χ2v) is 10.9. The molecule has 0 amide bonds. The number of hydrogen-bond acceptors (Lipinski definition) is 5. The molecule has 162 valence electrons. The van der Waals surface area contributed by atoms with Crippen LogP contribution in [0.25, 0.3) is 26.0 Å². The molecule has 6 rings (SSSR count). The van der Waals surface area contributed by atoms with Crippen LogP contribution in [0.1, 0.15) is 29.4 Å². The Morgan fingerprint density at radius 2 is 1.33 bits per heavy atom. The number of para-hydroxylation sites is 3. The molecule has 1 aliphatic heterocycles. The Morgan fingerprint density at radius 1 is 0.788 bits per heavy atom. The molecule has 0 N–H and O–H groups in total. The van der Waals surface area contributed by atoms with Gasteiger partial charge in [-0.15, -0.1) is 22.7 Å². The molecule has 5 aromatic rings. The molecule has 5 heteroatoms. The van der Waals surface area contributed by atoms with Crippen molar-refractivity contribution in [2.45, 2.75) is 19.3 Å². The van der Waals surface area contributed by atoms with Crippen molar-refractivity contribution in [3.63, 3.8) is 0 Å². The number of hydrogen-bond donors (Lipinski definition) is 0. The summed E-state index contributed by atoms with van der Waals surface area (Å²) in [5.74, 6) is 0. The smallest absolute Gasteiger partial charge is 0.127 e. The van der Waals surface area contributed by atoms with E-state index < -0.39 is 0 Å². The molecule has 0 fully saturated rings. The molecule has 0 aliphatic carbocycles. The Hall–Kier alpha value is -3.28. The Kier molecular flexibility index (Phi) is 4.71. The topological polar surface area (TPSA) is 29.0 Å². The fraction of sp³-hybridized carbons (Fsp3) is 0.143. The third-order valence-corrected chi connectivity index (χ3v) is 8.54. The van der Waals surface area contributed by atoms with Crippen LogP contribution in [0, 0.1) is 0 Å². The Labute approximate surface area is 201 Å². The van der Waals surface area contributed by atoms with Crippen molar-refractivity contribution >= 4 is 54.4 Å². The monoisotopic (exact) mass is 465 g/mol. The largest absolute Gasteiger partial charge is 0.347 e. The zero-order chi connectivity index (χ0) is 22.6. The lowest BCUT2D eigenvalue weighted by Crippen LogP contribution is -2.22. The highest BCUT2D eigenvalue weighted by molar-refractivity contribution is 7.21. The molecule has 0 unspecified atom stereocenters. The molecule has 1 aliphatic rings. The third kappa shape index (κ3) is 3.31. The predicted molar refractivity (Wildman–Crippen MR) is 142 cm³/mol. The van der Waals surface area contributed by atoms with Gasteiger partial charge in [0.1, 0.15) is 10.0 Å². The minimum Gasteiger partial charge on any atom is -0.347 e. The molecule has 0 saturated heterocycles. The van der Waals surface area contributed by atoms with Crippen molar-refractivity contribution in [1.29, 1.82) is 0 Å². The van der Waals surface area contributed by atoms with Crippen LogP contribution in [0.15, 0.2) is 90.6 Å². The number of benzene rings is 3. The summed E-state index contributed by atoms with van der Waals surface area (Å²) in [5, 5.41) is 2.01. The van der Waals surface area contributed by atoms with E-state index in [1.54, 1.807) is 22.7 Å². The van der Waals surface area contributed by atoms with Crippen molar-refractivity contribution in [3.05, 3.63) is 106 Å². The van der Waals surface area contributed by atoms with Crippen molar-refractivity contribution in [2.75, 3.05) is 11.9 Å². The van der Waals surface area contributed by atoms with E-state index >= 15 is 0 Å². The SMILES string of the molecule is CN1/C(=C\C=C(c2nc3ccccc3s2)c2nc3ccccc3s2)C(C)(C)c2ccccc21. The zero-order valence-corrected chi connectivity index (χ0v) is 20.4. The van der Waals surface area contributed by atoms with E-state index in [4.69, 9.17) is 9.97 Å². The van der Waals surface area contributed by atoms with Gasteiger partial charge in [0, 0.05) is 29.4 Å². The molecule has 2 aromatic heterocycles. The van der Waals surface area contributed by atoms with Crippen LogP contribution in [0.5, 0.6) is 0 Å². The standard InChI is InChI=1S/C28H23N3S2/c1-28(2)19-10-4-7-13-22(19)31(3)25(28)17-16-18(26-29-20-11-5-8-14-23(20)32-26)27-30-21-12-6-9-15-24(21)33-27/h4-17H,1-3H3/b25-17-. The van der Waals surface area contributed by atoms with Gasteiger partial charge in [0.05, 0.1) is 20.4 Å². The summed E-state index contributed by atoms with van der Waals surface area (Å²) < 4.78 is 2.38. The van der Waals surface area contributed by atoms with Crippen molar-refractivity contribution in [2.24, 2.45) is 0 Å². The molecule has 0 atom stereocenters. The van der Waals surface area contributed by atoms with Gasteiger partial charge < -0.3 is 4.90 Å². The fourth-order valence-electron chi connectivity index (χ4n) is 4.67. The van der Waals surface area contributed by atoms with Crippen LogP contribution in [0.4, 0.5) is 5.69 Å². The number of likely N-dealkylation sites (N-methyl/N-ethyl adjacent to an activating group) is 1. The summed E-state index contributed by atoms with van der Waals surface area (Å²) >= 11 is 3.45. The molecular weight excluding hydrogens is 442 g/mol. The van der Waals surface area contributed by atoms with Gasteiger partial charge in [-0.1, -0.05) is 56.3 Å². The predicted octanol–water partition coefficient (Wildman–Crippen LogP) is 7.65. The van der Waals surface area contributed by atoms with Gasteiger partial charge in [-0.05, 0) is 48.0 Å². The van der Waals surface area contributed by atoms with Crippen LogP contribution in [-0.4, -0.2) is 17.0 Å². The van der Waals surface area contributed by atoms with Crippen molar-refractivity contribution in [1.82, 2.24) is 9.97 Å². The Bertz CT molecular complexity index is 1430. The second-order valence-electron chi connectivity index (χ2n) is 8.81. The summed E-state index contributed by atoms with van der Waals surface area (Å²) in [4.78, 5) is 12.3. The molecule has 0 spiro atoms. The quantitative estimate of drug-likeness (QED) is 0.274. The second kappa shape index (κ2) is 7.65. The molecule has 0 bridgehead atoms. The van der Waals surface area contributed by atoms with Crippen molar-refractivity contribution in [3.8, 4) is 0 Å². The van der Waals surface area contributed by atoms with Gasteiger partial charge in [0.15, 0.2) is 0 Å². The molecule has 3 nitrogen and oxygen atoms in total. The van der Waals surface area contributed by atoms with Crippen LogP contribution >= 0.6 is 22.7 Å². The van der Waals surface area contributed by atoms with E-state index in [9.17, 15) is 0 Å². The minimum atomic E-state index is -0.0753. The molecule has 33 heavy (non-hydrogen) atoms. The van der Waals surface area contributed by atoms with Gasteiger partial charge in [0.25, 0.3) is 0 Å². The fourth-order valence-corrected chi connectivity index (χ4v) is 6.72. The Morgan fingerprint density at radius 3 is 1.91 bits per heavy atom. The van der Waals surface area contributed by atoms with Crippen molar-refractivity contribution < 1.29 is 0 Å². The van der Waals surface area contributed by atoms with E-state index in [-0.39, 0.29) is 5.41 Å². The van der Waals surface area contributed by atoms with Crippen LogP contribution in [-0.2, 0) is 5.41 Å². The average Bonchev–Trinajstić information content (AvgIpc) is 3.49. The van der Waals surface area contributed by atoms with Gasteiger partial charge in [0.2, 0.25) is 0 Å². The molecular formula is C28H23N3S2. The highest BCUT2D eigenvalue weighted by atomic mass is 32.1. The average molecular weight is 466 g/mol. The number of fused-ring (bicyclic) bond motifs is 3. The summed E-state index contributed by atoms with van der Waals surface area (Å²) in [6.07, 6.45) is 4.47. The molecule has 3 heterocycles.